The molecule has 0 atom stereocenters. The molecule has 1 heterocycles. The fourth-order valence-corrected chi connectivity index (χ4v) is 1.11. The van der Waals surface area contributed by atoms with Crippen molar-refractivity contribution in [1.29, 1.82) is 0 Å². The molecule has 0 aliphatic rings. The number of hydrogen-bond acceptors (Lipinski definition) is 5. The number of aryl methyl sites for hydroxylation is 1. The Morgan fingerprint density at radius 2 is 2.06 bits per heavy atom. The molecule has 0 aromatic carbocycles. The third-order valence-corrected chi connectivity index (χ3v) is 1.74. The van der Waals surface area contributed by atoms with Crippen molar-refractivity contribution in [3.8, 4) is 0 Å². The molecule has 0 bridgehead atoms. The van der Waals surface area contributed by atoms with Gasteiger partial charge < -0.3 is 14.8 Å². The van der Waals surface area contributed by atoms with Gasteiger partial charge in [-0.05, 0) is 33.8 Å². The molecule has 1 aromatic rings. The summed E-state index contributed by atoms with van der Waals surface area (Å²) < 4.78 is 6.10. The van der Waals surface area contributed by atoms with Crippen molar-refractivity contribution >= 4 is 18.8 Å². The molecule has 2 N–H and O–H groups in total. The fraction of sp³-hybridized carbons (Fsp3) is 0.556. The van der Waals surface area contributed by atoms with Crippen molar-refractivity contribution in [3.05, 3.63) is 11.8 Å². The van der Waals surface area contributed by atoms with Gasteiger partial charge in [0, 0.05) is 5.69 Å². The van der Waals surface area contributed by atoms with Crippen LogP contribution in [0.15, 0.2) is 6.07 Å². The molecule has 6 nitrogen and oxygen atoms in total. The van der Waals surface area contributed by atoms with Gasteiger partial charge in [0.2, 0.25) is 0 Å². The van der Waals surface area contributed by atoms with E-state index in [1.54, 1.807) is 27.7 Å². The van der Waals surface area contributed by atoms with Crippen molar-refractivity contribution in [2.24, 2.45) is 0 Å². The minimum Gasteiger partial charge on any atom is -0.442 e. The van der Waals surface area contributed by atoms with Gasteiger partial charge in [0.25, 0.3) is 0 Å². The Balaban J connectivity index is 2.92. The first-order chi connectivity index (χ1) is 7.20. The molecule has 0 saturated heterocycles. The summed E-state index contributed by atoms with van der Waals surface area (Å²) in [6, 6.07) is 1.41. The lowest BCUT2D eigenvalue weighted by Crippen LogP contribution is -2.33. The van der Waals surface area contributed by atoms with Gasteiger partial charge in [-0.2, -0.15) is 9.78 Å². The number of hydrogen-bond donors (Lipinski definition) is 2. The van der Waals surface area contributed by atoms with Crippen LogP contribution in [0.4, 0.5) is 4.79 Å². The minimum atomic E-state index is -1.69. The lowest BCUT2D eigenvalue weighted by atomic mass is 9.86. The van der Waals surface area contributed by atoms with Crippen LogP contribution in [-0.2, 0) is 4.74 Å². The van der Waals surface area contributed by atoms with E-state index >= 15 is 0 Å². The van der Waals surface area contributed by atoms with Crippen LogP contribution in [0.1, 0.15) is 26.5 Å². The maximum atomic E-state index is 11.6. The van der Waals surface area contributed by atoms with Gasteiger partial charge >= 0.3 is 13.2 Å². The van der Waals surface area contributed by atoms with E-state index in [4.69, 9.17) is 14.8 Å². The summed E-state index contributed by atoms with van der Waals surface area (Å²) >= 11 is 0. The predicted octanol–water partition coefficient (Wildman–Crippen LogP) is -0.345. The van der Waals surface area contributed by atoms with Gasteiger partial charge in [0.15, 0.2) is 0 Å². The van der Waals surface area contributed by atoms with E-state index in [0.717, 1.165) is 4.68 Å². The van der Waals surface area contributed by atoms with Crippen LogP contribution in [0.25, 0.3) is 0 Å². The van der Waals surface area contributed by atoms with E-state index in [1.807, 2.05) is 0 Å². The Kier molecular flexibility index (Phi) is 3.40. The van der Waals surface area contributed by atoms with Crippen LogP contribution in [0.2, 0.25) is 0 Å². The van der Waals surface area contributed by atoms with Crippen LogP contribution in [0.3, 0.4) is 0 Å². The molecule has 0 spiro atoms. The summed E-state index contributed by atoms with van der Waals surface area (Å²) in [4.78, 5) is 11.6. The van der Waals surface area contributed by atoms with Crippen molar-refractivity contribution in [1.82, 2.24) is 9.78 Å². The smallest absolute Gasteiger partial charge is 0.442 e. The first-order valence-electron chi connectivity index (χ1n) is 4.87. The predicted molar refractivity (Wildman–Crippen MR) is 58.4 cm³/mol. The highest BCUT2D eigenvalue weighted by atomic mass is 16.6. The molecule has 88 valence electrons. The average Bonchev–Trinajstić information content (AvgIpc) is 2.44. The maximum absolute atomic E-state index is 11.6. The van der Waals surface area contributed by atoms with E-state index < -0.39 is 18.8 Å². The van der Waals surface area contributed by atoms with Gasteiger partial charge in [0.05, 0.1) is 5.59 Å². The summed E-state index contributed by atoms with van der Waals surface area (Å²) in [5.74, 6) is 0. The SMILES string of the molecule is Cc1cc(B(O)O)nn1C(=O)OC(C)(C)C. The number of rotatable bonds is 1. The van der Waals surface area contributed by atoms with Crippen LogP contribution in [-0.4, -0.2) is 38.6 Å². The van der Waals surface area contributed by atoms with E-state index in [-0.39, 0.29) is 5.59 Å². The third-order valence-electron chi connectivity index (χ3n) is 1.74. The molecule has 7 heteroatoms. The zero-order valence-corrected chi connectivity index (χ0v) is 9.76. The van der Waals surface area contributed by atoms with Crippen LogP contribution < -0.4 is 5.59 Å². The van der Waals surface area contributed by atoms with E-state index in [9.17, 15) is 4.79 Å². The molecule has 0 radical (unpaired) electrons. The Morgan fingerprint density at radius 1 is 1.50 bits per heavy atom. The van der Waals surface area contributed by atoms with Crippen molar-refractivity contribution in [3.63, 3.8) is 0 Å². The first kappa shape index (κ1) is 12.7. The zero-order valence-electron chi connectivity index (χ0n) is 9.76. The largest absolute Gasteiger partial charge is 0.510 e. The van der Waals surface area contributed by atoms with E-state index in [0.29, 0.717) is 5.69 Å². The second-order valence-corrected chi connectivity index (χ2v) is 4.48. The van der Waals surface area contributed by atoms with Crippen LogP contribution in [0, 0.1) is 6.92 Å². The Bertz CT molecular complexity index is 395. The Labute approximate surface area is 94.0 Å². The molecular weight excluding hydrogens is 211 g/mol. The molecule has 16 heavy (non-hydrogen) atoms. The highest BCUT2D eigenvalue weighted by Gasteiger charge is 2.23. The van der Waals surface area contributed by atoms with Gasteiger partial charge in [-0.1, -0.05) is 0 Å². The van der Waals surface area contributed by atoms with E-state index in [1.165, 1.54) is 6.07 Å². The quantitative estimate of drug-likeness (QED) is 0.639. The number of aromatic nitrogens is 2. The lowest BCUT2D eigenvalue weighted by molar-refractivity contribution is 0.0512. The summed E-state index contributed by atoms with van der Waals surface area (Å²) in [6.45, 7) is 6.85. The monoisotopic (exact) mass is 226 g/mol. The topological polar surface area (TPSA) is 84.6 Å². The second kappa shape index (κ2) is 4.27. The summed E-state index contributed by atoms with van der Waals surface area (Å²) in [5, 5.41) is 21.5. The number of ether oxygens (including phenoxy) is 1. The fourth-order valence-electron chi connectivity index (χ4n) is 1.11. The van der Waals surface area contributed by atoms with Gasteiger partial charge in [-0.3, -0.25) is 0 Å². The first-order valence-corrected chi connectivity index (χ1v) is 4.87. The summed E-state index contributed by atoms with van der Waals surface area (Å²) in [7, 11) is -1.69. The molecule has 0 saturated carbocycles. The van der Waals surface area contributed by atoms with Crippen molar-refractivity contribution in [2.75, 3.05) is 0 Å². The van der Waals surface area contributed by atoms with Crippen molar-refractivity contribution in [2.45, 2.75) is 33.3 Å². The number of carbonyl (C=O) groups is 1. The zero-order chi connectivity index (χ0) is 12.5. The van der Waals surface area contributed by atoms with Crippen molar-refractivity contribution < 1.29 is 19.6 Å². The molecule has 1 aromatic heterocycles. The number of nitrogens with zero attached hydrogens (tertiary/aromatic N) is 2. The normalized spacial score (nSPS) is 11.4. The second-order valence-electron chi connectivity index (χ2n) is 4.48. The number of carbonyl (C=O) groups excluding carboxylic acids is 1. The molecular formula is C9H15BN2O4. The summed E-state index contributed by atoms with van der Waals surface area (Å²) in [6.07, 6.45) is -0.642. The highest BCUT2D eigenvalue weighted by molar-refractivity contribution is 6.57. The molecule has 1 rings (SSSR count). The molecule has 0 amide bonds. The average molecular weight is 226 g/mol. The maximum Gasteiger partial charge on any atom is 0.510 e. The van der Waals surface area contributed by atoms with Crippen LogP contribution >= 0.6 is 0 Å². The van der Waals surface area contributed by atoms with E-state index in [2.05, 4.69) is 5.10 Å². The molecule has 0 aliphatic heterocycles. The van der Waals surface area contributed by atoms with Gasteiger partial charge in [-0.15, -0.1) is 0 Å². The Hall–Kier alpha value is -1.34. The Morgan fingerprint density at radius 3 is 2.44 bits per heavy atom. The minimum absolute atomic E-state index is 0.0170. The van der Waals surface area contributed by atoms with Gasteiger partial charge in [-0.25, -0.2) is 4.79 Å². The standard InChI is InChI=1S/C9H15BN2O4/c1-6-5-7(10(14)15)11-12(6)8(13)16-9(2,3)4/h5,14-15H,1-4H3. The molecule has 0 unspecified atom stereocenters. The lowest BCUT2D eigenvalue weighted by Gasteiger charge is -2.19. The van der Waals surface area contributed by atoms with Crippen LogP contribution in [0.5, 0.6) is 0 Å². The third kappa shape index (κ3) is 3.08. The summed E-state index contributed by atoms with van der Waals surface area (Å²) in [5.41, 5.74) is -0.117. The highest BCUT2D eigenvalue weighted by Crippen LogP contribution is 2.09. The molecule has 0 aliphatic carbocycles. The van der Waals surface area contributed by atoms with Gasteiger partial charge in [0.1, 0.15) is 5.60 Å². The molecule has 0 fully saturated rings.